The van der Waals surface area contributed by atoms with E-state index in [0.29, 0.717) is 5.92 Å². The van der Waals surface area contributed by atoms with E-state index in [1.807, 2.05) is 37.1 Å². The van der Waals surface area contributed by atoms with Crippen LogP contribution in [0.15, 0.2) is 41.7 Å². The molecule has 6 heteroatoms. The monoisotopic (exact) mass is 425 g/mol. The highest BCUT2D eigenvalue weighted by Crippen LogP contribution is 2.42. The fraction of sp³-hybridized carbons (Fsp3) is 0.458. The molecule has 1 aliphatic carbocycles. The van der Waals surface area contributed by atoms with Gasteiger partial charge in [-0.1, -0.05) is 28.9 Å². The molecule has 0 saturated carbocycles. The van der Waals surface area contributed by atoms with Crippen LogP contribution in [-0.4, -0.2) is 41.2 Å². The summed E-state index contributed by atoms with van der Waals surface area (Å²) in [6, 6.07) is 10.5. The number of rotatable bonds is 4. The number of carbonyl (C=O) groups excluding carboxylic acids is 1. The Balaban J connectivity index is 1.53. The highest BCUT2D eigenvalue weighted by Gasteiger charge is 2.34. The van der Waals surface area contributed by atoms with Crippen molar-refractivity contribution in [1.82, 2.24) is 9.88 Å². The van der Waals surface area contributed by atoms with Crippen LogP contribution in [0.3, 0.4) is 0 Å². The third-order valence-corrected chi connectivity index (χ3v) is 6.36. The molecule has 1 aromatic carbocycles. The van der Waals surface area contributed by atoms with Gasteiger partial charge < -0.3 is 9.74 Å². The Bertz CT molecular complexity index is 947. The Labute approximate surface area is 183 Å². The molecule has 4 rings (SSSR count). The largest absolute Gasteiger partial charge is 0.386 e. The van der Waals surface area contributed by atoms with Crippen LogP contribution in [0.5, 0.6) is 0 Å². The van der Waals surface area contributed by atoms with Crippen LogP contribution in [0.2, 0.25) is 5.02 Å². The quantitative estimate of drug-likeness (QED) is 0.530. The average Bonchev–Trinajstić information content (AvgIpc) is 2.90. The molecular weight excluding hydrogens is 398 g/mol. The van der Waals surface area contributed by atoms with Gasteiger partial charge in [0.05, 0.1) is 11.4 Å². The van der Waals surface area contributed by atoms with Crippen molar-refractivity contribution in [3.8, 4) is 0 Å². The van der Waals surface area contributed by atoms with E-state index in [1.165, 1.54) is 22.4 Å². The summed E-state index contributed by atoms with van der Waals surface area (Å²) in [7, 11) is 0. The summed E-state index contributed by atoms with van der Waals surface area (Å²) in [6.45, 7) is 5.18. The molecule has 0 radical (unpaired) electrons. The minimum Gasteiger partial charge on any atom is -0.386 e. The lowest BCUT2D eigenvalue weighted by atomic mass is 9.76. The van der Waals surface area contributed by atoms with Gasteiger partial charge in [-0.2, -0.15) is 0 Å². The first-order valence-electron chi connectivity index (χ1n) is 10.7. The highest BCUT2D eigenvalue weighted by molar-refractivity contribution is 6.30. The molecule has 1 fully saturated rings. The number of pyridine rings is 1. The second-order valence-electron chi connectivity index (χ2n) is 8.40. The molecule has 2 aliphatic rings. The summed E-state index contributed by atoms with van der Waals surface area (Å²) in [4.78, 5) is 24.3. The van der Waals surface area contributed by atoms with Crippen LogP contribution in [-0.2, 0) is 22.5 Å². The van der Waals surface area contributed by atoms with Crippen molar-refractivity contribution < 1.29 is 9.63 Å². The average molecular weight is 426 g/mol. The molecule has 1 atom stereocenters. The molecule has 158 valence electrons. The van der Waals surface area contributed by atoms with E-state index in [2.05, 4.69) is 23.4 Å². The number of aromatic nitrogens is 1. The Morgan fingerprint density at radius 2 is 1.97 bits per heavy atom. The molecule has 0 N–H and O–H groups in total. The molecule has 0 bridgehead atoms. The Morgan fingerprint density at radius 3 is 2.73 bits per heavy atom. The van der Waals surface area contributed by atoms with Crippen LogP contribution in [0.1, 0.15) is 55.0 Å². The maximum Gasteiger partial charge on any atom is 0.263 e. The Kier molecular flexibility index (Phi) is 6.38. The van der Waals surface area contributed by atoms with Gasteiger partial charge >= 0.3 is 0 Å². The zero-order chi connectivity index (χ0) is 21.1. The molecule has 2 aromatic rings. The number of likely N-dealkylation sites (tertiary alicyclic amines) is 1. The summed E-state index contributed by atoms with van der Waals surface area (Å²) in [5.74, 6) is 0.694. The SMILES string of the molecule is CC(C)=NOCC(=O)N1CCC(C2c3ccc(Cl)cc3CCc3cccnc32)CC1. The van der Waals surface area contributed by atoms with Crippen LogP contribution in [0.4, 0.5) is 0 Å². The lowest BCUT2D eigenvalue weighted by Crippen LogP contribution is -2.41. The van der Waals surface area contributed by atoms with Crippen LogP contribution >= 0.6 is 11.6 Å². The molecule has 1 aromatic heterocycles. The summed E-state index contributed by atoms with van der Waals surface area (Å²) in [6.07, 6.45) is 5.77. The number of oxime groups is 1. The molecule has 0 spiro atoms. The number of halogens is 1. The van der Waals surface area contributed by atoms with Gasteiger partial charge in [0.2, 0.25) is 0 Å². The van der Waals surface area contributed by atoms with E-state index in [9.17, 15) is 4.79 Å². The van der Waals surface area contributed by atoms with E-state index in [0.717, 1.165) is 49.5 Å². The summed E-state index contributed by atoms with van der Waals surface area (Å²) >= 11 is 6.31. The number of nitrogens with zero attached hydrogens (tertiary/aromatic N) is 3. The normalized spacial score (nSPS) is 18.8. The first-order chi connectivity index (χ1) is 14.5. The molecule has 1 amide bonds. The number of benzene rings is 1. The second-order valence-corrected chi connectivity index (χ2v) is 8.84. The molecule has 2 heterocycles. The van der Waals surface area contributed by atoms with Crippen molar-refractivity contribution >= 4 is 23.2 Å². The first-order valence-corrected chi connectivity index (χ1v) is 11.0. The van der Waals surface area contributed by atoms with E-state index in [1.54, 1.807) is 0 Å². The van der Waals surface area contributed by atoms with Gasteiger partial charge in [-0.25, -0.2) is 0 Å². The maximum atomic E-state index is 12.5. The molecular formula is C24H28ClN3O2. The lowest BCUT2D eigenvalue weighted by Gasteiger charge is -2.36. The number of amides is 1. The summed E-state index contributed by atoms with van der Waals surface area (Å²) in [5, 5.41) is 4.65. The number of hydrogen-bond donors (Lipinski definition) is 0. The second kappa shape index (κ2) is 9.17. The zero-order valence-electron chi connectivity index (χ0n) is 17.6. The molecule has 1 unspecified atom stereocenters. The summed E-state index contributed by atoms with van der Waals surface area (Å²) in [5.41, 5.74) is 6.00. The van der Waals surface area contributed by atoms with Gasteiger partial charge in [0, 0.05) is 30.2 Å². The standard InChI is InChI=1S/C24H28ClN3O2/c1-16(2)27-30-15-22(29)28-12-9-17(10-13-28)23-21-8-7-20(25)14-19(21)6-5-18-4-3-11-26-24(18)23/h3-4,7-8,11,14,17,23H,5-6,9-10,12-13,15H2,1-2H3. The molecule has 30 heavy (non-hydrogen) atoms. The smallest absolute Gasteiger partial charge is 0.263 e. The van der Waals surface area contributed by atoms with Gasteiger partial charge in [0.25, 0.3) is 5.91 Å². The number of hydrogen-bond acceptors (Lipinski definition) is 4. The predicted octanol–water partition coefficient (Wildman–Crippen LogP) is 4.62. The number of aryl methyl sites for hydroxylation is 2. The van der Waals surface area contributed by atoms with E-state index < -0.39 is 0 Å². The van der Waals surface area contributed by atoms with Gasteiger partial charge in [0.15, 0.2) is 6.61 Å². The number of piperidine rings is 1. The minimum atomic E-state index is 0.00465. The molecule has 5 nitrogen and oxygen atoms in total. The molecule has 1 saturated heterocycles. The number of fused-ring (bicyclic) bond motifs is 2. The van der Waals surface area contributed by atoms with Crippen LogP contribution in [0, 0.1) is 5.92 Å². The predicted molar refractivity (Wildman–Crippen MR) is 119 cm³/mol. The first kappa shape index (κ1) is 20.9. The van der Waals surface area contributed by atoms with Crippen molar-refractivity contribution in [3.63, 3.8) is 0 Å². The van der Waals surface area contributed by atoms with Gasteiger partial charge in [-0.15, -0.1) is 0 Å². The highest BCUT2D eigenvalue weighted by atomic mass is 35.5. The van der Waals surface area contributed by atoms with Crippen LogP contribution in [0.25, 0.3) is 0 Å². The minimum absolute atomic E-state index is 0.00465. The van der Waals surface area contributed by atoms with Crippen molar-refractivity contribution in [2.75, 3.05) is 19.7 Å². The zero-order valence-corrected chi connectivity index (χ0v) is 18.4. The topological polar surface area (TPSA) is 54.8 Å². The Morgan fingerprint density at radius 1 is 1.20 bits per heavy atom. The number of carbonyl (C=O) groups is 1. The van der Waals surface area contributed by atoms with Gasteiger partial charge in [0.1, 0.15) is 0 Å². The van der Waals surface area contributed by atoms with E-state index in [-0.39, 0.29) is 18.4 Å². The fourth-order valence-electron chi connectivity index (χ4n) is 4.72. The molecule has 1 aliphatic heterocycles. The Hall–Kier alpha value is -2.40. The van der Waals surface area contributed by atoms with Crippen molar-refractivity contribution in [2.45, 2.75) is 45.4 Å². The van der Waals surface area contributed by atoms with Gasteiger partial charge in [-0.3, -0.25) is 9.78 Å². The van der Waals surface area contributed by atoms with Crippen molar-refractivity contribution in [3.05, 3.63) is 63.9 Å². The lowest BCUT2D eigenvalue weighted by molar-refractivity contribution is -0.137. The van der Waals surface area contributed by atoms with E-state index >= 15 is 0 Å². The fourth-order valence-corrected chi connectivity index (χ4v) is 4.92. The third-order valence-electron chi connectivity index (χ3n) is 6.12. The maximum absolute atomic E-state index is 12.5. The summed E-state index contributed by atoms with van der Waals surface area (Å²) < 4.78 is 0. The van der Waals surface area contributed by atoms with E-state index in [4.69, 9.17) is 21.4 Å². The van der Waals surface area contributed by atoms with Crippen LogP contribution < -0.4 is 0 Å². The third kappa shape index (κ3) is 4.51. The van der Waals surface area contributed by atoms with Crippen molar-refractivity contribution in [2.24, 2.45) is 11.1 Å². The van der Waals surface area contributed by atoms with Gasteiger partial charge in [-0.05, 0) is 80.3 Å². The van der Waals surface area contributed by atoms with Crippen molar-refractivity contribution in [1.29, 1.82) is 0 Å².